The minimum atomic E-state index is -4.73. The number of halogens is 5. The van der Waals surface area contributed by atoms with Crippen molar-refractivity contribution in [3.8, 4) is 0 Å². The SMILES string of the molecule is Nc1nc2cc(F)c(C(=O)N(Cc3ccc(C(F)(F)F)cc3F)c3cnsc3)cc2n2cncc12. The lowest BCUT2D eigenvalue weighted by Gasteiger charge is -2.22. The van der Waals surface area contributed by atoms with E-state index in [0.717, 1.165) is 34.6 Å². The number of nitrogens with two attached hydrogens (primary N) is 1. The monoisotopic (exact) mass is 504 g/mol. The molecular formula is C22H13F5N6OS. The lowest BCUT2D eigenvalue weighted by atomic mass is 10.1. The van der Waals surface area contributed by atoms with Gasteiger partial charge in [-0.25, -0.2) is 18.7 Å². The predicted octanol–water partition coefficient (Wildman–Crippen LogP) is 5.07. The Morgan fingerprint density at radius 1 is 1.09 bits per heavy atom. The van der Waals surface area contributed by atoms with E-state index >= 15 is 4.39 Å². The van der Waals surface area contributed by atoms with Crippen LogP contribution >= 0.6 is 11.5 Å². The first kappa shape index (κ1) is 22.7. The number of hydrogen-bond acceptors (Lipinski definition) is 6. The molecule has 0 aliphatic rings. The standard InChI is InChI=1S/C22H13F5N6OS/c23-15-3-12(22(25,26)27)2-1-11(15)8-32(13-6-30-35-9-13)21(34)14-4-18-17(5-16(14)24)31-20(28)19-7-29-10-33(18)19/h1-7,9-10H,8H2,(H2,28,31). The average molecular weight is 504 g/mol. The molecule has 0 aliphatic heterocycles. The molecule has 0 aliphatic carbocycles. The van der Waals surface area contributed by atoms with Crippen molar-refractivity contribution in [1.29, 1.82) is 0 Å². The van der Waals surface area contributed by atoms with E-state index in [1.54, 1.807) is 4.40 Å². The minimum absolute atomic E-state index is 0.122. The van der Waals surface area contributed by atoms with Gasteiger partial charge in [0.15, 0.2) is 0 Å². The van der Waals surface area contributed by atoms with Crippen molar-refractivity contribution in [3.63, 3.8) is 0 Å². The molecule has 2 N–H and O–H groups in total. The third kappa shape index (κ3) is 4.03. The summed E-state index contributed by atoms with van der Waals surface area (Å²) in [5.41, 5.74) is 5.37. The van der Waals surface area contributed by atoms with Crippen molar-refractivity contribution in [3.05, 3.63) is 82.8 Å². The van der Waals surface area contributed by atoms with Gasteiger partial charge in [-0.2, -0.15) is 17.5 Å². The van der Waals surface area contributed by atoms with Gasteiger partial charge in [0.1, 0.15) is 23.0 Å². The Morgan fingerprint density at radius 3 is 2.57 bits per heavy atom. The quantitative estimate of drug-likeness (QED) is 0.346. The highest BCUT2D eigenvalue weighted by Crippen LogP contribution is 2.32. The fourth-order valence-electron chi connectivity index (χ4n) is 3.64. The number of carbonyl (C=O) groups is 1. The summed E-state index contributed by atoms with van der Waals surface area (Å²) in [5.74, 6) is -2.79. The molecule has 13 heteroatoms. The van der Waals surface area contributed by atoms with E-state index in [9.17, 15) is 22.4 Å². The summed E-state index contributed by atoms with van der Waals surface area (Å²) >= 11 is 0.996. The van der Waals surface area contributed by atoms with E-state index in [-0.39, 0.29) is 28.1 Å². The van der Waals surface area contributed by atoms with Crippen molar-refractivity contribution in [1.82, 2.24) is 18.7 Å². The number of fused-ring (bicyclic) bond motifs is 3. The fraction of sp³-hybridized carbons (Fsp3) is 0.0909. The maximum absolute atomic E-state index is 15.1. The van der Waals surface area contributed by atoms with Gasteiger partial charge in [-0.3, -0.25) is 9.20 Å². The highest BCUT2D eigenvalue weighted by Gasteiger charge is 2.32. The minimum Gasteiger partial charge on any atom is -0.382 e. The van der Waals surface area contributed by atoms with Crippen molar-refractivity contribution < 1.29 is 26.7 Å². The molecule has 7 nitrogen and oxygen atoms in total. The van der Waals surface area contributed by atoms with E-state index < -0.39 is 35.8 Å². The van der Waals surface area contributed by atoms with Gasteiger partial charge in [-0.1, -0.05) is 6.07 Å². The van der Waals surface area contributed by atoms with Gasteiger partial charge >= 0.3 is 6.18 Å². The zero-order valence-electron chi connectivity index (χ0n) is 17.4. The summed E-state index contributed by atoms with van der Waals surface area (Å²) in [6.45, 7) is -0.459. The first-order valence-corrected chi connectivity index (χ1v) is 10.7. The molecule has 0 radical (unpaired) electrons. The van der Waals surface area contributed by atoms with E-state index in [0.29, 0.717) is 17.1 Å². The number of nitrogen functional groups attached to an aromatic ring is 1. The second-order valence-corrected chi connectivity index (χ2v) is 8.20. The Hall–Kier alpha value is -4.13. The molecule has 1 amide bonds. The van der Waals surface area contributed by atoms with Gasteiger partial charge in [-0.05, 0) is 29.7 Å². The third-order valence-electron chi connectivity index (χ3n) is 5.38. The molecule has 0 spiro atoms. The fourth-order valence-corrected chi connectivity index (χ4v) is 4.17. The normalized spacial score (nSPS) is 11.9. The van der Waals surface area contributed by atoms with E-state index in [1.165, 1.54) is 30.2 Å². The number of anilines is 2. The number of carbonyl (C=O) groups excluding carboxylic acids is 1. The number of hydrogen-bond donors (Lipinski definition) is 1. The molecule has 5 aromatic rings. The first-order chi connectivity index (χ1) is 16.6. The maximum atomic E-state index is 15.1. The van der Waals surface area contributed by atoms with Gasteiger partial charge in [0.25, 0.3) is 5.91 Å². The average Bonchev–Trinajstić information content (AvgIpc) is 3.50. The van der Waals surface area contributed by atoms with Crippen LogP contribution < -0.4 is 10.6 Å². The smallest absolute Gasteiger partial charge is 0.382 e. The van der Waals surface area contributed by atoms with Gasteiger partial charge in [0.2, 0.25) is 0 Å². The first-order valence-electron chi connectivity index (χ1n) is 9.91. The predicted molar refractivity (Wildman–Crippen MR) is 119 cm³/mol. The van der Waals surface area contributed by atoms with Crippen LogP contribution in [0.3, 0.4) is 0 Å². The van der Waals surface area contributed by atoms with E-state index in [2.05, 4.69) is 14.3 Å². The molecule has 3 heterocycles. The third-order valence-corrected chi connectivity index (χ3v) is 5.95. The van der Waals surface area contributed by atoms with E-state index in [4.69, 9.17) is 5.73 Å². The molecule has 35 heavy (non-hydrogen) atoms. The van der Waals surface area contributed by atoms with Crippen LogP contribution in [0.25, 0.3) is 16.6 Å². The zero-order chi connectivity index (χ0) is 24.9. The number of benzene rings is 2. The second-order valence-electron chi connectivity index (χ2n) is 7.54. The summed E-state index contributed by atoms with van der Waals surface area (Å²) in [6.07, 6.45) is -0.514. The number of alkyl halides is 3. The number of imidazole rings is 1. The van der Waals surface area contributed by atoms with Crippen LogP contribution in [0, 0.1) is 11.6 Å². The summed E-state index contributed by atoms with van der Waals surface area (Å²) in [4.78, 5) is 22.7. The van der Waals surface area contributed by atoms with Crippen LogP contribution in [-0.4, -0.2) is 24.6 Å². The molecule has 5 rings (SSSR count). The van der Waals surface area contributed by atoms with Crippen LogP contribution in [0.4, 0.5) is 33.5 Å². The molecule has 0 saturated carbocycles. The van der Waals surface area contributed by atoms with Gasteiger partial charge in [0, 0.05) is 17.0 Å². The molecule has 178 valence electrons. The van der Waals surface area contributed by atoms with Crippen LogP contribution in [0.2, 0.25) is 0 Å². The number of nitrogens with zero attached hydrogens (tertiary/aromatic N) is 5. The van der Waals surface area contributed by atoms with Gasteiger partial charge in [0.05, 0.1) is 53.1 Å². The molecule has 0 unspecified atom stereocenters. The molecule has 0 fully saturated rings. The Bertz CT molecular complexity index is 1580. The number of amides is 1. The summed E-state index contributed by atoms with van der Waals surface area (Å²) in [5, 5.41) is 1.48. The highest BCUT2D eigenvalue weighted by atomic mass is 32.1. The van der Waals surface area contributed by atoms with Crippen LogP contribution in [-0.2, 0) is 12.7 Å². The van der Waals surface area contributed by atoms with Gasteiger partial charge < -0.3 is 10.6 Å². The van der Waals surface area contributed by atoms with Crippen molar-refractivity contribution in [2.24, 2.45) is 0 Å². The topological polar surface area (TPSA) is 89.4 Å². The summed E-state index contributed by atoms with van der Waals surface area (Å²) < 4.78 is 73.8. The number of rotatable bonds is 4. The lowest BCUT2D eigenvalue weighted by Crippen LogP contribution is -2.31. The molecule has 0 saturated heterocycles. The highest BCUT2D eigenvalue weighted by molar-refractivity contribution is 7.04. The Kier molecular flexibility index (Phi) is 5.35. The summed E-state index contributed by atoms with van der Waals surface area (Å²) in [6, 6.07) is 4.32. The second kappa shape index (κ2) is 8.27. The van der Waals surface area contributed by atoms with Crippen LogP contribution in [0.1, 0.15) is 21.5 Å². The van der Waals surface area contributed by atoms with Gasteiger partial charge in [-0.15, -0.1) is 0 Å². The van der Waals surface area contributed by atoms with Crippen LogP contribution in [0.5, 0.6) is 0 Å². The van der Waals surface area contributed by atoms with Crippen molar-refractivity contribution in [2.45, 2.75) is 12.7 Å². The zero-order valence-corrected chi connectivity index (χ0v) is 18.2. The Morgan fingerprint density at radius 2 is 1.89 bits per heavy atom. The van der Waals surface area contributed by atoms with Crippen molar-refractivity contribution in [2.75, 3.05) is 10.6 Å². The molecule has 2 aromatic carbocycles. The largest absolute Gasteiger partial charge is 0.416 e. The molecule has 0 bridgehead atoms. The number of aromatic nitrogens is 4. The Labute approximate surface area is 197 Å². The van der Waals surface area contributed by atoms with Crippen molar-refractivity contribution >= 4 is 45.5 Å². The molecular weight excluding hydrogens is 491 g/mol. The summed E-state index contributed by atoms with van der Waals surface area (Å²) in [7, 11) is 0. The molecule has 0 atom stereocenters. The maximum Gasteiger partial charge on any atom is 0.416 e. The molecule has 3 aromatic heterocycles. The van der Waals surface area contributed by atoms with E-state index in [1.807, 2.05) is 0 Å². The van der Waals surface area contributed by atoms with Crippen LogP contribution in [0.15, 0.2) is 54.4 Å². The Balaban J connectivity index is 1.59. The lowest BCUT2D eigenvalue weighted by molar-refractivity contribution is -0.137.